The van der Waals surface area contributed by atoms with E-state index in [-0.39, 0.29) is 5.60 Å². The maximum Gasteiger partial charge on any atom is 0.259 e. The Hall–Kier alpha value is -1.40. The molecule has 0 bridgehead atoms. The molecule has 4 nitrogen and oxygen atoms in total. The lowest BCUT2D eigenvalue weighted by atomic mass is 9.98. The number of rotatable bonds is 1. The van der Waals surface area contributed by atoms with Gasteiger partial charge >= 0.3 is 0 Å². The monoisotopic (exact) mass is 335 g/mol. The summed E-state index contributed by atoms with van der Waals surface area (Å²) in [4.78, 5) is 6.47. The maximum absolute atomic E-state index is 5.81. The minimum Gasteiger partial charge on any atom is -0.465 e. The first-order valence-electron chi connectivity index (χ1n) is 7.46. The molecule has 1 fully saturated rings. The van der Waals surface area contributed by atoms with Gasteiger partial charge in [0.25, 0.3) is 5.17 Å². The summed E-state index contributed by atoms with van der Waals surface area (Å²) < 4.78 is 6.97. The number of aromatic nitrogens is 1. The van der Waals surface area contributed by atoms with Gasteiger partial charge in [0.2, 0.25) is 0 Å². The number of thiazole rings is 1. The highest BCUT2D eigenvalue weighted by atomic mass is 32.1. The van der Waals surface area contributed by atoms with Crippen LogP contribution >= 0.6 is 23.6 Å². The zero-order valence-corrected chi connectivity index (χ0v) is 14.8. The van der Waals surface area contributed by atoms with E-state index in [9.17, 15) is 0 Å². The molecule has 22 heavy (non-hydrogen) atoms. The summed E-state index contributed by atoms with van der Waals surface area (Å²) in [6, 6.07) is 6.43. The molecular weight excluding hydrogens is 314 g/mol. The van der Waals surface area contributed by atoms with Crippen LogP contribution in [0.15, 0.2) is 18.2 Å². The lowest BCUT2D eigenvalue weighted by Gasteiger charge is -2.27. The molecule has 1 aliphatic heterocycles. The molecular formula is C16H21N3OS2. The lowest BCUT2D eigenvalue weighted by molar-refractivity contribution is 0.0975. The first-order valence-corrected chi connectivity index (χ1v) is 8.68. The quantitative estimate of drug-likeness (QED) is 0.804. The molecule has 0 aliphatic carbocycles. The van der Waals surface area contributed by atoms with Crippen molar-refractivity contribution in [3.8, 4) is 0 Å². The van der Waals surface area contributed by atoms with Gasteiger partial charge in [0, 0.05) is 19.0 Å². The maximum atomic E-state index is 5.81. The summed E-state index contributed by atoms with van der Waals surface area (Å²) in [7, 11) is 0. The topological polar surface area (TPSA) is 51.4 Å². The van der Waals surface area contributed by atoms with Crippen molar-refractivity contribution in [3.05, 3.63) is 23.8 Å². The molecule has 6 heteroatoms. The molecule has 1 aromatic carbocycles. The Morgan fingerprint density at radius 1 is 1.45 bits per heavy atom. The molecule has 0 saturated carbocycles. The molecule has 0 spiro atoms. The van der Waals surface area contributed by atoms with E-state index in [0.29, 0.717) is 16.2 Å². The van der Waals surface area contributed by atoms with Crippen molar-refractivity contribution in [2.24, 2.45) is 0 Å². The highest BCUT2D eigenvalue weighted by Crippen LogP contribution is 2.32. The smallest absolute Gasteiger partial charge is 0.259 e. The van der Waals surface area contributed by atoms with E-state index in [2.05, 4.69) is 28.1 Å². The van der Waals surface area contributed by atoms with Crippen molar-refractivity contribution in [2.45, 2.75) is 38.7 Å². The summed E-state index contributed by atoms with van der Waals surface area (Å²) in [5.74, 6) is 0.481. The normalized spacial score (nSPS) is 18.9. The van der Waals surface area contributed by atoms with Gasteiger partial charge < -0.3 is 15.4 Å². The number of nitrogen functional groups attached to an aromatic ring is 1. The molecule has 0 amide bonds. The molecule has 0 radical (unpaired) electrons. The van der Waals surface area contributed by atoms with Crippen LogP contribution in [-0.4, -0.2) is 33.7 Å². The number of fused-ring (bicyclic) bond motifs is 1. The summed E-state index contributed by atoms with van der Waals surface area (Å²) >= 11 is 6.97. The predicted octanol–water partition coefficient (Wildman–Crippen LogP) is 3.77. The van der Waals surface area contributed by atoms with Crippen molar-refractivity contribution in [1.29, 1.82) is 0 Å². The molecule has 3 rings (SSSR count). The number of nitrogens with zero attached hydrogens (tertiary/aromatic N) is 2. The first-order chi connectivity index (χ1) is 10.3. The predicted molar refractivity (Wildman–Crippen MR) is 96.4 cm³/mol. The van der Waals surface area contributed by atoms with Gasteiger partial charge in [0.05, 0.1) is 10.2 Å². The minimum absolute atomic E-state index is 0.242. The second-order valence-corrected chi connectivity index (χ2v) is 8.10. The third-order valence-corrected chi connectivity index (χ3v) is 4.93. The lowest BCUT2D eigenvalue weighted by Crippen LogP contribution is -2.35. The number of nitrogens with two attached hydrogens (primary N) is 1. The van der Waals surface area contributed by atoms with Crippen LogP contribution in [0.25, 0.3) is 10.2 Å². The van der Waals surface area contributed by atoms with E-state index in [0.717, 1.165) is 29.7 Å². The minimum atomic E-state index is -0.242. The molecule has 0 unspecified atom stereocenters. The molecule has 2 aromatic rings. The number of benzene rings is 1. The van der Waals surface area contributed by atoms with Crippen molar-refractivity contribution >= 4 is 44.1 Å². The standard InChI is InChI=1S/C16H21N3OS2/c1-16(2,3)20-15(21)19-7-6-11(9-19)10-4-5-12-13(8-10)22-14(17)18-12/h4-5,8,11H,6-7,9H2,1-3H3,(H2,17,18)/t11-/m1/s1. The zero-order chi connectivity index (χ0) is 15.9. The third kappa shape index (κ3) is 3.33. The largest absolute Gasteiger partial charge is 0.465 e. The highest BCUT2D eigenvalue weighted by Gasteiger charge is 2.28. The van der Waals surface area contributed by atoms with Crippen LogP contribution in [-0.2, 0) is 4.74 Å². The van der Waals surface area contributed by atoms with E-state index < -0.39 is 0 Å². The SMILES string of the molecule is CC(C)(C)OC(=S)N1CC[C@@H](c2ccc3nc(N)sc3c2)C1. The van der Waals surface area contributed by atoms with E-state index in [1.165, 1.54) is 5.56 Å². The van der Waals surface area contributed by atoms with Crippen LogP contribution in [0.2, 0.25) is 0 Å². The summed E-state index contributed by atoms with van der Waals surface area (Å²) in [5.41, 5.74) is 7.85. The Labute approximate surface area is 140 Å². The number of hydrogen-bond acceptors (Lipinski definition) is 5. The highest BCUT2D eigenvalue weighted by molar-refractivity contribution is 7.80. The van der Waals surface area contributed by atoms with E-state index in [1.54, 1.807) is 11.3 Å². The van der Waals surface area contributed by atoms with Crippen LogP contribution < -0.4 is 5.73 Å². The average molecular weight is 335 g/mol. The van der Waals surface area contributed by atoms with Gasteiger partial charge in [-0.3, -0.25) is 0 Å². The Morgan fingerprint density at radius 2 is 2.23 bits per heavy atom. The van der Waals surface area contributed by atoms with Gasteiger partial charge in [-0.15, -0.1) is 0 Å². The number of ether oxygens (including phenoxy) is 1. The summed E-state index contributed by atoms with van der Waals surface area (Å²) in [6.45, 7) is 7.93. The second-order valence-electron chi connectivity index (χ2n) is 6.69. The van der Waals surface area contributed by atoms with Gasteiger partial charge in [0.15, 0.2) is 5.13 Å². The van der Waals surface area contributed by atoms with Crippen LogP contribution in [0, 0.1) is 0 Å². The van der Waals surface area contributed by atoms with Crippen LogP contribution in [0.3, 0.4) is 0 Å². The number of likely N-dealkylation sites (tertiary alicyclic amines) is 1. The average Bonchev–Trinajstić information content (AvgIpc) is 3.00. The van der Waals surface area contributed by atoms with Crippen LogP contribution in [0.4, 0.5) is 5.13 Å². The molecule has 1 atom stereocenters. The Kier molecular flexibility index (Phi) is 3.99. The Bertz CT molecular complexity index is 705. The Morgan fingerprint density at radius 3 is 2.95 bits per heavy atom. The molecule has 118 valence electrons. The third-order valence-electron chi connectivity index (χ3n) is 3.74. The number of hydrogen-bond donors (Lipinski definition) is 1. The van der Waals surface area contributed by atoms with Crippen LogP contribution in [0.1, 0.15) is 38.7 Å². The molecule has 2 heterocycles. The molecule has 1 aliphatic rings. The van der Waals surface area contributed by atoms with Gasteiger partial charge in [-0.2, -0.15) is 0 Å². The van der Waals surface area contributed by atoms with Gasteiger partial charge in [-0.25, -0.2) is 4.98 Å². The second kappa shape index (κ2) is 5.66. The zero-order valence-electron chi connectivity index (χ0n) is 13.1. The first kappa shape index (κ1) is 15.5. The number of anilines is 1. The number of thiocarbonyl (C=S) groups is 1. The van der Waals surface area contributed by atoms with E-state index in [1.807, 2.05) is 20.8 Å². The van der Waals surface area contributed by atoms with Gasteiger partial charge in [-0.1, -0.05) is 17.4 Å². The van der Waals surface area contributed by atoms with Crippen molar-refractivity contribution in [1.82, 2.24) is 9.88 Å². The van der Waals surface area contributed by atoms with Crippen molar-refractivity contribution < 1.29 is 4.74 Å². The van der Waals surface area contributed by atoms with E-state index >= 15 is 0 Å². The van der Waals surface area contributed by atoms with Crippen molar-refractivity contribution in [2.75, 3.05) is 18.8 Å². The fourth-order valence-electron chi connectivity index (χ4n) is 2.74. The van der Waals surface area contributed by atoms with E-state index in [4.69, 9.17) is 22.7 Å². The van der Waals surface area contributed by atoms with Crippen LogP contribution in [0.5, 0.6) is 0 Å². The summed E-state index contributed by atoms with van der Waals surface area (Å²) in [5, 5.41) is 1.23. The fourth-order valence-corrected chi connectivity index (χ4v) is 3.94. The van der Waals surface area contributed by atoms with Gasteiger partial charge in [-0.05, 0) is 57.1 Å². The fraction of sp³-hybridized carbons (Fsp3) is 0.500. The Balaban J connectivity index is 1.72. The molecule has 1 aromatic heterocycles. The van der Waals surface area contributed by atoms with Gasteiger partial charge in [0.1, 0.15) is 5.60 Å². The summed E-state index contributed by atoms with van der Waals surface area (Å²) in [6.07, 6.45) is 1.09. The molecule has 2 N–H and O–H groups in total. The molecule has 1 saturated heterocycles. The van der Waals surface area contributed by atoms with Crippen molar-refractivity contribution in [3.63, 3.8) is 0 Å².